The highest BCUT2D eigenvalue weighted by atomic mass is 19.3. The van der Waals surface area contributed by atoms with Crippen LogP contribution in [0.25, 0.3) is 0 Å². The van der Waals surface area contributed by atoms with Crippen LogP contribution in [0.5, 0.6) is 5.75 Å². The van der Waals surface area contributed by atoms with Crippen LogP contribution >= 0.6 is 0 Å². The zero-order valence-corrected chi connectivity index (χ0v) is 11.0. The lowest BCUT2D eigenvalue weighted by Crippen LogP contribution is -2.30. The molecular formula is C13H16F2N4O. The number of alkyl halides is 2. The lowest BCUT2D eigenvalue weighted by Gasteiger charge is -2.16. The van der Waals surface area contributed by atoms with Crippen LogP contribution in [0.2, 0.25) is 0 Å². The summed E-state index contributed by atoms with van der Waals surface area (Å²) in [4.78, 5) is 4.23. The van der Waals surface area contributed by atoms with Crippen molar-refractivity contribution < 1.29 is 13.5 Å². The summed E-state index contributed by atoms with van der Waals surface area (Å²) in [7, 11) is 1.90. The molecule has 0 aliphatic carbocycles. The fourth-order valence-electron chi connectivity index (χ4n) is 1.93. The van der Waals surface area contributed by atoms with Crippen LogP contribution in [0.15, 0.2) is 36.7 Å². The second-order valence-corrected chi connectivity index (χ2v) is 4.33. The van der Waals surface area contributed by atoms with Crippen LogP contribution in [0.4, 0.5) is 8.78 Å². The Morgan fingerprint density at radius 1 is 1.35 bits per heavy atom. The molecule has 1 atom stereocenters. The van der Waals surface area contributed by atoms with Crippen molar-refractivity contribution in [1.82, 2.24) is 15.0 Å². The van der Waals surface area contributed by atoms with E-state index >= 15 is 0 Å². The highest BCUT2D eigenvalue weighted by Gasteiger charge is 2.13. The predicted octanol–water partition coefficient (Wildman–Crippen LogP) is 1.77. The molecule has 0 radical (unpaired) electrons. The van der Waals surface area contributed by atoms with Crippen LogP contribution < -0.4 is 16.0 Å². The van der Waals surface area contributed by atoms with Crippen LogP contribution in [0.1, 0.15) is 17.4 Å². The summed E-state index contributed by atoms with van der Waals surface area (Å²) in [5, 5.41) is 0. The molecule has 0 aliphatic heterocycles. The van der Waals surface area contributed by atoms with Crippen molar-refractivity contribution in [3.8, 4) is 5.75 Å². The summed E-state index contributed by atoms with van der Waals surface area (Å²) in [5.41, 5.74) is 3.57. The number of hydrogen-bond donors (Lipinski definition) is 2. The Bertz CT molecular complexity index is 542. The number of rotatable bonds is 6. The molecule has 1 aromatic carbocycles. The number of hydrazine groups is 1. The van der Waals surface area contributed by atoms with Crippen LogP contribution in [-0.4, -0.2) is 16.2 Å². The van der Waals surface area contributed by atoms with E-state index in [1.807, 2.05) is 17.8 Å². The van der Waals surface area contributed by atoms with Gasteiger partial charge < -0.3 is 9.30 Å². The fraction of sp³-hybridized carbons (Fsp3) is 0.308. The number of nitrogens with two attached hydrogens (primary N) is 1. The van der Waals surface area contributed by atoms with Crippen molar-refractivity contribution in [1.29, 1.82) is 0 Å². The van der Waals surface area contributed by atoms with Crippen molar-refractivity contribution in [2.45, 2.75) is 19.1 Å². The smallest absolute Gasteiger partial charge is 0.387 e. The molecule has 20 heavy (non-hydrogen) atoms. The minimum atomic E-state index is -2.82. The molecule has 0 aliphatic rings. The summed E-state index contributed by atoms with van der Waals surface area (Å²) in [6, 6.07) is 6.22. The topological polar surface area (TPSA) is 65.1 Å². The zero-order valence-electron chi connectivity index (χ0n) is 11.0. The minimum absolute atomic E-state index is 0.122. The van der Waals surface area contributed by atoms with Crippen LogP contribution in [-0.2, 0) is 13.5 Å². The van der Waals surface area contributed by atoms with E-state index in [-0.39, 0.29) is 11.8 Å². The largest absolute Gasteiger partial charge is 0.435 e. The van der Waals surface area contributed by atoms with Gasteiger partial charge in [0.15, 0.2) is 0 Å². The van der Waals surface area contributed by atoms with E-state index in [4.69, 9.17) is 5.84 Å². The van der Waals surface area contributed by atoms with Gasteiger partial charge >= 0.3 is 6.61 Å². The number of hydrogen-bond acceptors (Lipinski definition) is 4. The number of imidazole rings is 1. The van der Waals surface area contributed by atoms with E-state index in [1.54, 1.807) is 18.3 Å². The van der Waals surface area contributed by atoms with Crippen molar-refractivity contribution in [2.75, 3.05) is 0 Å². The molecule has 2 aromatic rings. The third-order valence-electron chi connectivity index (χ3n) is 3.02. The molecule has 2 rings (SSSR count). The number of aromatic nitrogens is 2. The van der Waals surface area contributed by atoms with E-state index < -0.39 is 6.61 Å². The first-order valence-electron chi connectivity index (χ1n) is 6.07. The van der Waals surface area contributed by atoms with E-state index in [9.17, 15) is 8.78 Å². The average Bonchev–Trinajstić information content (AvgIpc) is 2.82. The monoisotopic (exact) mass is 282 g/mol. The van der Waals surface area contributed by atoms with Gasteiger partial charge in [-0.3, -0.25) is 11.3 Å². The van der Waals surface area contributed by atoms with Gasteiger partial charge in [0.25, 0.3) is 0 Å². The molecule has 3 N–H and O–H groups in total. The van der Waals surface area contributed by atoms with Crippen LogP contribution in [0.3, 0.4) is 0 Å². The Balaban J connectivity index is 2.09. The second-order valence-electron chi connectivity index (χ2n) is 4.33. The van der Waals surface area contributed by atoms with E-state index in [0.717, 1.165) is 11.4 Å². The molecule has 108 valence electrons. The molecule has 0 fully saturated rings. The van der Waals surface area contributed by atoms with Crippen molar-refractivity contribution in [3.63, 3.8) is 0 Å². The first-order chi connectivity index (χ1) is 9.60. The first-order valence-corrected chi connectivity index (χ1v) is 6.07. The van der Waals surface area contributed by atoms with Gasteiger partial charge in [-0.05, 0) is 17.7 Å². The van der Waals surface area contributed by atoms with Gasteiger partial charge in [-0.1, -0.05) is 12.1 Å². The molecule has 0 amide bonds. The van der Waals surface area contributed by atoms with Gasteiger partial charge in [-0.25, -0.2) is 4.98 Å². The molecule has 0 spiro atoms. The zero-order chi connectivity index (χ0) is 14.5. The van der Waals surface area contributed by atoms with E-state index in [0.29, 0.717) is 6.42 Å². The number of nitrogens with one attached hydrogen (secondary N) is 1. The quantitative estimate of drug-likeness (QED) is 0.626. The van der Waals surface area contributed by atoms with E-state index in [1.165, 1.54) is 12.1 Å². The molecule has 1 aromatic heterocycles. The van der Waals surface area contributed by atoms with Gasteiger partial charge in [0.05, 0.1) is 6.04 Å². The normalized spacial score (nSPS) is 12.7. The van der Waals surface area contributed by atoms with Crippen LogP contribution in [0, 0.1) is 0 Å². The summed E-state index contributed by atoms with van der Waals surface area (Å²) in [6.07, 6.45) is 4.15. The molecule has 0 saturated heterocycles. The standard InChI is InChI=1S/C13H16F2N4O/c1-19-7-6-17-12(19)8-11(18-16)9-2-4-10(5-3-9)20-13(14)15/h2-7,11,13,18H,8,16H2,1H3. The van der Waals surface area contributed by atoms with Crippen molar-refractivity contribution in [2.24, 2.45) is 12.9 Å². The highest BCUT2D eigenvalue weighted by Crippen LogP contribution is 2.21. The minimum Gasteiger partial charge on any atom is -0.435 e. The fourth-order valence-corrected chi connectivity index (χ4v) is 1.93. The predicted molar refractivity (Wildman–Crippen MR) is 70.1 cm³/mol. The molecule has 1 unspecified atom stereocenters. The van der Waals surface area contributed by atoms with Gasteiger partial charge in [0, 0.05) is 25.9 Å². The van der Waals surface area contributed by atoms with Gasteiger partial charge in [0.2, 0.25) is 0 Å². The van der Waals surface area contributed by atoms with Gasteiger partial charge in [-0.15, -0.1) is 0 Å². The summed E-state index contributed by atoms with van der Waals surface area (Å²) >= 11 is 0. The Morgan fingerprint density at radius 3 is 2.55 bits per heavy atom. The van der Waals surface area contributed by atoms with Gasteiger partial charge in [-0.2, -0.15) is 8.78 Å². The second kappa shape index (κ2) is 6.44. The number of benzene rings is 1. The Morgan fingerprint density at radius 2 is 2.05 bits per heavy atom. The van der Waals surface area contributed by atoms with E-state index in [2.05, 4.69) is 15.1 Å². The maximum atomic E-state index is 12.1. The number of ether oxygens (including phenoxy) is 1. The molecule has 0 saturated carbocycles. The molecule has 5 nitrogen and oxygen atoms in total. The Kier molecular flexibility index (Phi) is 4.65. The molecule has 0 bridgehead atoms. The number of aryl methyl sites for hydroxylation is 1. The highest BCUT2D eigenvalue weighted by molar-refractivity contribution is 5.29. The number of halogens is 2. The molecular weight excluding hydrogens is 266 g/mol. The van der Waals surface area contributed by atoms with Crippen molar-refractivity contribution >= 4 is 0 Å². The van der Waals surface area contributed by atoms with Crippen molar-refractivity contribution in [3.05, 3.63) is 48.0 Å². The third-order valence-corrected chi connectivity index (χ3v) is 3.02. The third kappa shape index (κ3) is 3.52. The summed E-state index contributed by atoms with van der Waals surface area (Å²) < 4.78 is 30.4. The lowest BCUT2D eigenvalue weighted by atomic mass is 10.0. The lowest BCUT2D eigenvalue weighted by molar-refractivity contribution is -0.0498. The van der Waals surface area contributed by atoms with Gasteiger partial charge in [0.1, 0.15) is 11.6 Å². The summed E-state index contributed by atoms with van der Waals surface area (Å²) in [6.45, 7) is -2.82. The Hall–Kier alpha value is -1.99. The number of nitrogens with zero attached hydrogens (tertiary/aromatic N) is 2. The summed E-state index contributed by atoms with van der Waals surface area (Å²) in [5.74, 6) is 6.55. The molecule has 7 heteroatoms. The Labute approximate surface area is 115 Å². The molecule has 1 heterocycles. The SMILES string of the molecule is Cn1ccnc1CC(NN)c1ccc(OC(F)F)cc1. The maximum Gasteiger partial charge on any atom is 0.387 e. The average molecular weight is 282 g/mol. The first kappa shape index (κ1) is 14.4. The maximum absolute atomic E-state index is 12.1.